The third-order valence-corrected chi connectivity index (χ3v) is 2.95. The highest BCUT2D eigenvalue weighted by Crippen LogP contribution is 2.56. The van der Waals surface area contributed by atoms with Gasteiger partial charge in [-0.3, -0.25) is 0 Å². The first kappa shape index (κ1) is 6.05. The number of benzene rings is 1. The number of halogens is 3. The molecule has 1 nitrogen and oxygen atoms in total. The van der Waals surface area contributed by atoms with Crippen LogP contribution in [0, 0.1) is 5.89 Å². The Hall–Kier alpha value is -1.03. The van der Waals surface area contributed by atoms with Gasteiger partial charge in [-0.15, -0.1) is 0 Å². The predicted molar refractivity (Wildman–Crippen MR) is 54.1 cm³/mol. The van der Waals surface area contributed by atoms with E-state index in [2.05, 4.69) is 5.32 Å². The Morgan fingerprint density at radius 1 is 1.50 bits per heavy atom. The summed E-state index contributed by atoms with van der Waals surface area (Å²) in [4.78, 5) is 0. The molecule has 1 aromatic rings. The lowest BCUT2D eigenvalue weighted by atomic mass is 9.93. The molecule has 86 valence electrons. The lowest BCUT2D eigenvalue weighted by Gasteiger charge is -2.14. The van der Waals surface area contributed by atoms with Gasteiger partial charge in [-0.05, 0) is 30.4 Å². The Morgan fingerprint density at radius 2 is 2.31 bits per heavy atom. The third kappa shape index (κ3) is 1.36. The van der Waals surface area contributed by atoms with Gasteiger partial charge in [-0.2, -0.15) is 13.2 Å². The van der Waals surface area contributed by atoms with Gasteiger partial charge in [0.2, 0.25) is 0 Å². The van der Waals surface area contributed by atoms with Gasteiger partial charge in [-0.1, -0.05) is 18.2 Å². The Kier molecular flexibility index (Phi) is 1.14. The summed E-state index contributed by atoms with van der Waals surface area (Å²) in [7, 11) is 0. The van der Waals surface area contributed by atoms with Crippen LogP contribution in [0.3, 0.4) is 0 Å². The number of hydrogen-bond donors (Lipinski definition) is 1. The van der Waals surface area contributed by atoms with Crippen molar-refractivity contribution in [1.29, 1.82) is 0 Å². The van der Waals surface area contributed by atoms with Crippen molar-refractivity contribution in [2.24, 2.45) is 5.89 Å². The summed E-state index contributed by atoms with van der Waals surface area (Å²) in [6.07, 6.45) is -6.80. The average Bonchev–Trinajstić information content (AvgIpc) is 2.63. The zero-order valence-corrected chi connectivity index (χ0v) is 8.15. The van der Waals surface area contributed by atoms with E-state index in [1.807, 2.05) is 0 Å². The van der Waals surface area contributed by atoms with Crippen LogP contribution in [0.5, 0.6) is 0 Å². The van der Waals surface area contributed by atoms with Crippen LogP contribution in [0.4, 0.5) is 13.2 Å². The second-order valence-electron chi connectivity index (χ2n) is 3.96. The van der Waals surface area contributed by atoms with Gasteiger partial charge in [-0.25, -0.2) is 0 Å². The highest BCUT2D eigenvalue weighted by Gasteiger charge is 2.58. The van der Waals surface area contributed by atoms with Crippen molar-refractivity contribution < 1.29 is 20.0 Å². The quantitative estimate of drug-likeness (QED) is 0.784. The molecule has 0 amide bonds. The van der Waals surface area contributed by atoms with Crippen molar-refractivity contribution in [3.63, 3.8) is 0 Å². The van der Waals surface area contributed by atoms with E-state index in [1.54, 1.807) is 0 Å². The topological polar surface area (TPSA) is 12.0 Å². The molecule has 1 aliphatic carbocycles. The zero-order chi connectivity index (χ0) is 15.9. The largest absolute Gasteiger partial charge is 0.416 e. The normalized spacial score (nSPS) is 48.1. The van der Waals surface area contributed by atoms with Crippen LogP contribution in [0.1, 0.15) is 24.4 Å². The van der Waals surface area contributed by atoms with Crippen molar-refractivity contribution >= 4 is 0 Å². The van der Waals surface area contributed by atoms with E-state index in [4.69, 9.17) is 6.85 Å². The molecule has 1 saturated heterocycles. The van der Waals surface area contributed by atoms with E-state index < -0.39 is 35.9 Å². The van der Waals surface area contributed by atoms with E-state index in [9.17, 15) is 13.2 Å². The number of rotatable bonds is 1. The van der Waals surface area contributed by atoms with Crippen molar-refractivity contribution in [2.75, 3.05) is 13.0 Å². The molecular weight excluding hydrogens is 215 g/mol. The monoisotopic (exact) mass is 232 g/mol. The van der Waals surface area contributed by atoms with Crippen LogP contribution in [0.15, 0.2) is 24.3 Å². The molecule has 1 N–H and O–H groups in total. The van der Waals surface area contributed by atoms with Gasteiger partial charge >= 0.3 is 6.18 Å². The number of nitrogens with one attached hydrogen (secondary N) is 1. The van der Waals surface area contributed by atoms with Crippen molar-refractivity contribution in [3.05, 3.63) is 35.4 Å². The maximum absolute atomic E-state index is 12.8. The van der Waals surface area contributed by atoms with Gasteiger partial charge < -0.3 is 5.32 Å². The molecule has 2 aliphatic rings. The summed E-state index contributed by atoms with van der Waals surface area (Å²) in [5.74, 6) is -2.14. The van der Waals surface area contributed by atoms with Crippen LogP contribution in [0.25, 0.3) is 0 Å². The Morgan fingerprint density at radius 3 is 2.94 bits per heavy atom. The Bertz CT molecular complexity index is 617. The summed E-state index contributed by atoms with van der Waals surface area (Å²) in [6, 6.07) is 4.18. The van der Waals surface area contributed by atoms with Gasteiger partial charge in [0.1, 0.15) is 0 Å². The van der Waals surface area contributed by atoms with Gasteiger partial charge in [0.25, 0.3) is 0 Å². The second kappa shape index (κ2) is 3.00. The minimum absolute atomic E-state index is 0.00574. The fraction of sp³-hybridized carbons (Fsp3) is 0.500. The van der Waals surface area contributed by atoms with E-state index in [0.29, 0.717) is 0 Å². The summed E-state index contributed by atoms with van der Waals surface area (Å²) >= 11 is 0. The van der Waals surface area contributed by atoms with Crippen LogP contribution >= 0.6 is 0 Å². The van der Waals surface area contributed by atoms with E-state index >= 15 is 0 Å². The third-order valence-electron chi connectivity index (χ3n) is 2.95. The molecule has 1 saturated carbocycles. The minimum Gasteiger partial charge on any atom is -0.316 e. The molecule has 0 bridgehead atoms. The van der Waals surface area contributed by atoms with Gasteiger partial charge in [0.15, 0.2) is 0 Å². The minimum atomic E-state index is -4.57. The molecule has 2 fully saturated rings. The summed E-state index contributed by atoms with van der Waals surface area (Å²) in [5, 5.41) is 2.41. The molecule has 1 aliphatic heterocycles. The molecule has 2 unspecified atom stereocenters. The molecule has 4 heteroatoms. The second-order valence-corrected chi connectivity index (χ2v) is 3.96. The molecule has 1 aromatic carbocycles. The molecular formula is C12H12F3N. The fourth-order valence-electron chi connectivity index (χ4n) is 2.00. The fourth-order valence-corrected chi connectivity index (χ4v) is 2.00. The van der Waals surface area contributed by atoms with Crippen LogP contribution in [-0.4, -0.2) is 13.0 Å². The van der Waals surface area contributed by atoms with E-state index in [1.165, 1.54) is 6.07 Å². The van der Waals surface area contributed by atoms with Crippen molar-refractivity contribution in [1.82, 2.24) is 5.32 Å². The standard InChI is InChI=1S/C12H12F3N/c13-12(14,15)9-3-1-2-8(4-9)11-5-10(11)6-16-7-11/h1-4,10,16H,5-7H2/i5D2,6D2,10D. The number of hydrogen-bond acceptors (Lipinski definition) is 1. The molecule has 1 heterocycles. The summed E-state index contributed by atoms with van der Waals surface area (Å²) in [5.41, 5.74) is -2.52. The number of alkyl halides is 3. The first-order valence-electron chi connectivity index (χ1n) is 7.35. The van der Waals surface area contributed by atoms with Crippen LogP contribution in [0.2, 0.25) is 0 Å². The summed E-state index contributed by atoms with van der Waals surface area (Å²) in [6.45, 7) is -2.51. The van der Waals surface area contributed by atoms with E-state index in [-0.39, 0.29) is 12.1 Å². The highest BCUT2D eigenvalue weighted by atomic mass is 19.4. The smallest absolute Gasteiger partial charge is 0.316 e. The first-order valence-corrected chi connectivity index (χ1v) is 4.85. The molecule has 16 heavy (non-hydrogen) atoms. The average molecular weight is 232 g/mol. The van der Waals surface area contributed by atoms with Gasteiger partial charge in [0.05, 0.1) is 5.56 Å². The van der Waals surface area contributed by atoms with Crippen LogP contribution in [-0.2, 0) is 11.6 Å². The molecule has 2 atom stereocenters. The van der Waals surface area contributed by atoms with Gasteiger partial charge in [0, 0.05) is 18.8 Å². The molecule has 0 radical (unpaired) electrons. The first-order chi connectivity index (χ1) is 9.42. The van der Waals surface area contributed by atoms with Crippen molar-refractivity contribution in [2.45, 2.75) is 18.0 Å². The Labute approximate surface area is 98.7 Å². The molecule has 0 spiro atoms. The lowest BCUT2D eigenvalue weighted by molar-refractivity contribution is -0.137. The molecule has 3 rings (SSSR count). The van der Waals surface area contributed by atoms with Crippen LogP contribution < -0.4 is 5.32 Å². The Balaban J connectivity index is 2.14. The number of fused-ring (bicyclic) bond motifs is 1. The maximum atomic E-state index is 12.8. The number of piperidine rings is 1. The van der Waals surface area contributed by atoms with E-state index in [0.717, 1.165) is 18.2 Å². The maximum Gasteiger partial charge on any atom is 0.416 e. The SMILES string of the molecule is [2H]C1([2H])NCC2(c3cccc(C(F)(F)F)c3)C([2H])([2H])C12[2H]. The zero-order valence-electron chi connectivity index (χ0n) is 13.2. The lowest BCUT2D eigenvalue weighted by Crippen LogP contribution is -2.19. The summed E-state index contributed by atoms with van der Waals surface area (Å²) < 4.78 is 78.0. The molecule has 0 aromatic heterocycles. The predicted octanol–water partition coefficient (Wildman–Crippen LogP) is 2.57. The highest BCUT2D eigenvalue weighted by molar-refractivity contribution is 5.39. The van der Waals surface area contributed by atoms with Crippen molar-refractivity contribution in [3.8, 4) is 0 Å².